The van der Waals surface area contributed by atoms with Crippen molar-refractivity contribution in [3.05, 3.63) is 59.7 Å². The highest BCUT2D eigenvalue weighted by Gasteiger charge is 2.13. The number of aryl methyl sites for hydroxylation is 1. The average Bonchev–Trinajstić information content (AvgIpc) is 2.56. The van der Waals surface area contributed by atoms with Crippen molar-refractivity contribution in [2.75, 3.05) is 31.6 Å². The van der Waals surface area contributed by atoms with Crippen LogP contribution in [-0.2, 0) is 4.74 Å². The van der Waals surface area contributed by atoms with E-state index < -0.39 is 0 Å². The molecule has 5 heteroatoms. The number of nitrogens with zero attached hydrogens (tertiary/aromatic N) is 1. The SMILES string of the molecule is Cc1cccc(NC(=O)c2cccc(SN3CCOCC3)c2)c1. The fourth-order valence-electron chi connectivity index (χ4n) is 2.41. The number of amides is 1. The molecule has 0 atom stereocenters. The molecule has 3 rings (SSSR count). The molecule has 2 aromatic carbocycles. The summed E-state index contributed by atoms with van der Waals surface area (Å²) < 4.78 is 7.62. The van der Waals surface area contributed by atoms with Gasteiger partial charge < -0.3 is 10.1 Å². The van der Waals surface area contributed by atoms with Gasteiger partial charge in [-0.05, 0) is 54.8 Å². The average molecular weight is 328 g/mol. The third-order valence-corrected chi connectivity index (χ3v) is 4.66. The maximum absolute atomic E-state index is 12.4. The van der Waals surface area contributed by atoms with Gasteiger partial charge in [0.2, 0.25) is 0 Å². The number of benzene rings is 2. The third-order valence-electron chi connectivity index (χ3n) is 3.58. The number of rotatable bonds is 4. The van der Waals surface area contributed by atoms with Gasteiger partial charge in [0.05, 0.1) is 13.2 Å². The van der Waals surface area contributed by atoms with Crippen LogP contribution < -0.4 is 5.32 Å². The minimum Gasteiger partial charge on any atom is -0.379 e. The Labute approximate surface area is 141 Å². The molecule has 1 fully saturated rings. The Balaban J connectivity index is 1.67. The van der Waals surface area contributed by atoms with E-state index in [2.05, 4.69) is 9.62 Å². The van der Waals surface area contributed by atoms with Gasteiger partial charge >= 0.3 is 0 Å². The van der Waals surface area contributed by atoms with E-state index in [-0.39, 0.29) is 5.91 Å². The first-order valence-electron chi connectivity index (χ1n) is 7.69. The molecule has 2 aromatic rings. The van der Waals surface area contributed by atoms with E-state index in [9.17, 15) is 4.79 Å². The van der Waals surface area contributed by atoms with Gasteiger partial charge in [0.25, 0.3) is 5.91 Å². The van der Waals surface area contributed by atoms with Crippen LogP contribution in [0.25, 0.3) is 0 Å². The summed E-state index contributed by atoms with van der Waals surface area (Å²) in [4.78, 5) is 13.5. The maximum atomic E-state index is 12.4. The molecule has 0 saturated carbocycles. The fourth-order valence-corrected chi connectivity index (χ4v) is 3.36. The molecule has 0 spiro atoms. The Hall–Kier alpha value is -1.82. The van der Waals surface area contributed by atoms with Gasteiger partial charge in [0.1, 0.15) is 0 Å². The summed E-state index contributed by atoms with van der Waals surface area (Å²) >= 11 is 1.68. The molecule has 0 unspecified atom stereocenters. The van der Waals surface area contributed by atoms with Crippen LogP contribution in [-0.4, -0.2) is 36.5 Å². The van der Waals surface area contributed by atoms with Crippen LogP contribution in [0, 0.1) is 6.92 Å². The lowest BCUT2D eigenvalue weighted by Crippen LogP contribution is -2.30. The molecular weight excluding hydrogens is 308 g/mol. The standard InChI is InChI=1S/C18H20N2O2S/c1-14-4-2-6-16(12-14)19-18(21)15-5-3-7-17(13-15)23-20-8-10-22-11-9-20/h2-7,12-13H,8-11H2,1H3,(H,19,21). The van der Waals surface area contributed by atoms with Gasteiger partial charge in [-0.15, -0.1) is 0 Å². The normalized spacial score (nSPS) is 15.3. The van der Waals surface area contributed by atoms with Gasteiger partial charge in [-0.2, -0.15) is 0 Å². The Morgan fingerprint density at radius 2 is 1.91 bits per heavy atom. The van der Waals surface area contributed by atoms with E-state index >= 15 is 0 Å². The third kappa shape index (κ3) is 4.58. The minimum absolute atomic E-state index is 0.0833. The van der Waals surface area contributed by atoms with Crippen LogP contribution >= 0.6 is 11.9 Å². The number of ether oxygens (including phenoxy) is 1. The van der Waals surface area contributed by atoms with Crippen molar-refractivity contribution in [3.63, 3.8) is 0 Å². The second kappa shape index (κ2) is 7.64. The summed E-state index contributed by atoms with van der Waals surface area (Å²) in [6.45, 7) is 5.35. The van der Waals surface area contributed by atoms with E-state index in [0.29, 0.717) is 5.56 Å². The summed E-state index contributed by atoms with van der Waals surface area (Å²) in [7, 11) is 0. The fraction of sp³-hybridized carbons (Fsp3) is 0.278. The molecule has 0 aromatic heterocycles. The second-order valence-corrected chi connectivity index (χ2v) is 6.65. The van der Waals surface area contributed by atoms with Gasteiger partial charge in [0.15, 0.2) is 0 Å². The number of morpholine rings is 1. The summed E-state index contributed by atoms with van der Waals surface area (Å²) in [6.07, 6.45) is 0. The van der Waals surface area contributed by atoms with Crippen molar-refractivity contribution in [2.24, 2.45) is 0 Å². The number of carbonyl (C=O) groups excluding carboxylic acids is 1. The highest BCUT2D eigenvalue weighted by Crippen LogP contribution is 2.24. The Bertz CT molecular complexity index is 684. The van der Waals surface area contributed by atoms with E-state index in [0.717, 1.165) is 42.4 Å². The number of nitrogens with one attached hydrogen (secondary N) is 1. The topological polar surface area (TPSA) is 41.6 Å². The second-order valence-electron chi connectivity index (χ2n) is 5.48. The van der Waals surface area contributed by atoms with Crippen LogP contribution in [0.4, 0.5) is 5.69 Å². The number of hydrogen-bond acceptors (Lipinski definition) is 4. The van der Waals surface area contributed by atoms with Crippen molar-refractivity contribution in [1.82, 2.24) is 4.31 Å². The summed E-state index contributed by atoms with van der Waals surface area (Å²) in [5.74, 6) is -0.0833. The molecule has 23 heavy (non-hydrogen) atoms. The molecule has 0 aliphatic carbocycles. The zero-order valence-electron chi connectivity index (χ0n) is 13.1. The lowest BCUT2D eigenvalue weighted by Gasteiger charge is -2.25. The highest BCUT2D eigenvalue weighted by atomic mass is 32.2. The van der Waals surface area contributed by atoms with Crippen molar-refractivity contribution >= 4 is 23.5 Å². The first kappa shape index (κ1) is 16.1. The predicted octanol–water partition coefficient (Wildman–Crippen LogP) is 3.59. The molecule has 1 aliphatic heterocycles. The predicted molar refractivity (Wildman–Crippen MR) is 93.8 cm³/mol. The monoisotopic (exact) mass is 328 g/mol. The Morgan fingerprint density at radius 3 is 2.70 bits per heavy atom. The molecule has 4 nitrogen and oxygen atoms in total. The van der Waals surface area contributed by atoms with E-state index in [1.54, 1.807) is 11.9 Å². The minimum atomic E-state index is -0.0833. The van der Waals surface area contributed by atoms with Crippen LogP contribution in [0.15, 0.2) is 53.4 Å². The molecular formula is C18H20N2O2S. The van der Waals surface area contributed by atoms with Crippen LogP contribution in [0.2, 0.25) is 0 Å². The van der Waals surface area contributed by atoms with E-state index in [4.69, 9.17) is 4.74 Å². The molecule has 0 radical (unpaired) electrons. The Morgan fingerprint density at radius 1 is 1.13 bits per heavy atom. The van der Waals surface area contributed by atoms with E-state index in [1.807, 2.05) is 55.5 Å². The summed E-state index contributed by atoms with van der Waals surface area (Å²) in [5, 5.41) is 2.95. The van der Waals surface area contributed by atoms with Crippen molar-refractivity contribution in [3.8, 4) is 0 Å². The lowest BCUT2D eigenvalue weighted by atomic mass is 10.2. The van der Waals surface area contributed by atoms with Crippen LogP contribution in [0.1, 0.15) is 15.9 Å². The van der Waals surface area contributed by atoms with Crippen LogP contribution in [0.3, 0.4) is 0 Å². The molecule has 0 bridgehead atoms. The first-order valence-corrected chi connectivity index (χ1v) is 8.47. The molecule has 1 aliphatic rings. The molecule has 120 valence electrons. The van der Waals surface area contributed by atoms with Crippen molar-refractivity contribution in [1.29, 1.82) is 0 Å². The molecule has 1 N–H and O–H groups in total. The largest absolute Gasteiger partial charge is 0.379 e. The summed E-state index contributed by atoms with van der Waals surface area (Å²) in [6, 6.07) is 15.5. The molecule has 1 amide bonds. The van der Waals surface area contributed by atoms with E-state index in [1.165, 1.54) is 0 Å². The van der Waals surface area contributed by atoms with Gasteiger partial charge in [0, 0.05) is 29.2 Å². The van der Waals surface area contributed by atoms with Gasteiger partial charge in [-0.25, -0.2) is 4.31 Å². The quantitative estimate of drug-likeness (QED) is 0.871. The number of carbonyl (C=O) groups is 1. The van der Waals surface area contributed by atoms with Crippen LogP contribution in [0.5, 0.6) is 0 Å². The zero-order valence-corrected chi connectivity index (χ0v) is 13.9. The maximum Gasteiger partial charge on any atom is 0.255 e. The smallest absolute Gasteiger partial charge is 0.255 e. The van der Waals surface area contributed by atoms with Crippen molar-refractivity contribution in [2.45, 2.75) is 11.8 Å². The zero-order chi connectivity index (χ0) is 16.1. The number of anilines is 1. The Kier molecular flexibility index (Phi) is 5.33. The van der Waals surface area contributed by atoms with Gasteiger partial charge in [-0.1, -0.05) is 18.2 Å². The van der Waals surface area contributed by atoms with Gasteiger partial charge in [-0.3, -0.25) is 4.79 Å². The lowest BCUT2D eigenvalue weighted by molar-refractivity contribution is 0.0773. The first-order chi connectivity index (χ1) is 11.2. The molecule has 1 saturated heterocycles. The highest BCUT2D eigenvalue weighted by molar-refractivity contribution is 7.97. The van der Waals surface area contributed by atoms with Crippen molar-refractivity contribution < 1.29 is 9.53 Å². The molecule has 1 heterocycles. The summed E-state index contributed by atoms with van der Waals surface area (Å²) in [5.41, 5.74) is 2.62. The number of hydrogen-bond donors (Lipinski definition) is 1.